The topological polar surface area (TPSA) is 82.2 Å². The molecule has 5 aromatic rings. The van der Waals surface area contributed by atoms with Gasteiger partial charge in [-0.3, -0.25) is 9.20 Å². The highest BCUT2D eigenvalue weighted by atomic mass is 35.5. The molecule has 182 valence electrons. The third-order valence-electron chi connectivity index (χ3n) is 7.03. The van der Waals surface area contributed by atoms with Crippen LogP contribution in [0.25, 0.3) is 25.9 Å². The van der Waals surface area contributed by atoms with Crippen LogP contribution in [0.5, 0.6) is 0 Å². The lowest BCUT2D eigenvalue weighted by Gasteiger charge is -2.39. The Labute approximate surface area is 213 Å². The predicted octanol–water partition coefficient (Wildman–Crippen LogP) is 5.65. The lowest BCUT2D eigenvalue weighted by atomic mass is 9.84. The minimum atomic E-state index is -1.32. The molecule has 36 heavy (non-hydrogen) atoms. The van der Waals surface area contributed by atoms with Crippen molar-refractivity contribution in [1.29, 1.82) is 0 Å². The van der Waals surface area contributed by atoms with E-state index in [0.29, 0.717) is 42.0 Å². The molecule has 0 aliphatic carbocycles. The number of thiazole rings is 1. The molecule has 3 aromatic carbocycles. The average Bonchev–Trinajstić information content (AvgIpc) is 3.24. The average molecular weight is 523 g/mol. The minimum absolute atomic E-state index is 0.142. The molecule has 0 unspecified atom stereocenters. The number of hydrogen-bond donors (Lipinski definition) is 2. The molecular formula is C27H20ClFN2O4S. The van der Waals surface area contributed by atoms with E-state index in [1.54, 1.807) is 33.6 Å². The smallest absolute Gasteiger partial charge is 0.342 e. The van der Waals surface area contributed by atoms with Gasteiger partial charge in [0.2, 0.25) is 5.43 Å². The van der Waals surface area contributed by atoms with Gasteiger partial charge in [0.05, 0.1) is 27.0 Å². The van der Waals surface area contributed by atoms with E-state index in [1.807, 2.05) is 24.3 Å². The van der Waals surface area contributed by atoms with Crippen LogP contribution in [-0.2, 0) is 5.60 Å². The Bertz CT molecular complexity index is 1740. The van der Waals surface area contributed by atoms with Crippen LogP contribution < -0.4 is 10.3 Å². The van der Waals surface area contributed by atoms with Crippen molar-refractivity contribution in [2.75, 3.05) is 18.0 Å². The highest BCUT2D eigenvalue weighted by molar-refractivity contribution is 7.24. The van der Waals surface area contributed by atoms with Crippen molar-refractivity contribution in [1.82, 2.24) is 4.40 Å². The minimum Gasteiger partial charge on any atom is -0.477 e. The van der Waals surface area contributed by atoms with Crippen LogP contribution in [0.15, 0.2) is 65.5 Å². The fourth-order valence-electron chi connectivity index (χ4n) is 5.14. The van der Waals surface area contributed by atoms with Crippen LogP contribution in [0.4, 0.5) is 10.1 Å². The maximum Gasteiger partial charge on any atom is 0.342 e. The molecule has 0 bridgehead atoms. The van der Waals surface area contributed by atoms with Gasteiger partial charge < -0.3 is 15.1 Å². The van der Waals surface area contributed by atoms with E-state index in [-0.39, 0.29) is 21.5 Å². The summed E-state index contributed by atoms with van der Waals surface area (Å²) in [4.78, 5) is 27.5. The Hall–Kier alpha value is -3.46. The molecule has 6 nitrogen and oxygen atoms in total. The van der Waals surface area contributed by atoms with Crippen molar-refractivity contribution in [3.63, 3.8) is 0 Å². The number of anilines is 1. The van der Waals surface area contributed by atoms with Gasteiger partial charge in [-0.05, 0) is 48.7 Å². The summed E-state index contributed by atoms with van der Waals surface area (Å²) in [5.41, 5.74) is -0.0182. The van der Waals surface area contributed by atoms with Gasteiger partial charge in [-0.1, -0.05) is 35.9 Å². The van der Waals surface area contributed by atoms with Crippen molar-refractivity contribution in [3.8, 4) is 0 Å². The molecule has 2 aromatic heterocycles. The second kappa shape index (κ2) is 8.30. The summed E-state index contributed by atoms with van der Waals surface area (Å²) in [5, 5.41) is 21.8. The molecule has 1 aliphatic heterocycles. The third kappa shape index (κ3) is 3.48. The first-order valence-corrected chi connectivity index (χ1v) is 12.6. The summed E-state index contributed by atoms with van der Waals surface area (Å²) in [6.45, 7) is 0.719. The fourth-order valence-corrected chi connectivity index (χ4v) is 6.45. The van der Waals surface area contributed by atoms with Gasteiger partial charge in [0.1, 0.15) is 16.2 Å². The number of hydrogen-bond acceptors (Lipinski definition) is 5. The molecule has 1 aliphatic rings. The van der Waals surface area contributed by atoms with Crippen LogP contribution in [0.3, 0.4) is 0 Å². The van der Waals surface area contributed by atoms with E-state index in [4.69, 9.17) is 11.6 Å². The highest BCUT2D eigenvalue weighted by Gasteiger charge is 2.35. The molecule has 0 amide bonds. The van der Waals surface area contributed by atoms with Gasteiger partial charge in [0.25, 0.3) is 0 Å². The van der Waals surface area contributed by atoms with Crippen molar-refractivity contribution in [3.05, 3.63) is 92.9 Å². The standard InChI is InChI=1S/C27H20ClFN2O4S/c28-16-7-5-15(6-8-16)27(35)9-11-30(12-10-27)21-13-17-20(14-18(21)29)31-19-3-1-2-4-22(19)36-25(31)23(24(17)32)26(33)34/h1-8,13-14,35H,9-12H2,(H,33,34). The number of aromatic nitrogens is 1. The summed E-state index contributed by atoms with van der Waals surface area (Å²) >= 11 is 7.17. The fraction of sp³-hybridized carbons (Fsp3) is 0.185. The van der Waals surface area contributed by atoms with E-state index in [1.165, 1.54) is 23.5 Å². The number of piperidine rings is 1. The van der Waals surface area contributed by atoms with Crippen molar-refractivity contribution in [2.45, 2.75) is 18.4 Å². The molecule has 2 N–H and O–H groups in total. The number of halogens is 2. The van der Waals surface area contributed by atoms with Gasteiger partial charge in [-0.2, -0.15) is 0 Å². The van der Waals surface area contributed by atoms with Crippen LogP contribution in [0.1, 0.15) is 28.8 Å². The number of para-hydroxylation sites is 1. The second-order valence-electron chi connectivity index (χ2n) is 9.07. The van der Waals surface area contributed by atoms with E-state index in [9.17, 15) is 19.8 Å². The molecule has 0 saturated carbocycles. The summed E-state index contributed by atoms with van der Waals surface area (Å²) in [7, 11) is 0. The van der Waals surface area contributed by atoms with Gasteiger partial charge in [-0.15, -0.1) is 11.3 Å². The molecule has 0 atom stereocenters. The monoisotopic (exact) mass is 522 g/mol. The van der Waals surface area contributed by atoms with Gasteiger partial charge in [0, 0.05) is 29.6 Å². The van der Waals surface area contributed by atoms with Crippen LogP contribution in [-0.4, -0.2) is 33.7 Å². The highest BCUT2D eigenvalue weighted by Crippen LogP contribution is 2.37. The zero-order valence-corrected chi connectivity index (χ0v) is 20.4. The molecule has 6 rings (SSSR count). The summed E-state index contributed by atoms with van der Waals surface area (Å²) < 4.78 is 18.0. The van der Waals surface area contributed by atoms with Crippen LogP contribution in [0, 0.1) is 5.82 Å². The number of fused-ring (bicyclic) bond motifs is 5. The molecule has 1 fully saturated rings. The summed E-state index contributed by atoms with van der Waals surface area (Å²) in [6, 6.07) is 17.1. The summed E-state index contributed by atoms with van der Waals surface area (Å²) in [6.07, 6.45) is 0.722. The predicted molar refractivity (Wildman–Crippen MR) is 140 cm³/mol. The van der Waals surface area contributed by atoms with Crippen molar-refractivity contribution >= 4 is 60.5 Å². The largest absolute Gasteiger partial charge is 0.477 e. The van der Waals surface area contributed by atoms with Gasteiger partial charge >= 0.3 is 5.97 Å². The Morgan fingerprint density at radius 2 is 1.72 bits per heavy atom. The molecule has 9 heteroatoms. The first-order valence-electron chi connectivity index (χ1n) is 11.4. The lowest BCUT2D eigenvalue weighted by molar-refractivity contribution is 0.0117. The Kier molecular flexibility index (Phi) is 5.29. The van der Waals surface area contributed by atoms with E-state index in [0.717, 1.165) is 10.3 Å². The first kappa shape index (κ1) is 23.0. The molecular weight excluding hydrogens is 503 g/mol. The molecule has 1 saturated heterocycles. The maximum absolute atomic E-state index is 15.5. The van der Waals surface area contributed by atoms with Gasteiger partial charge in [0.15, 0.2) is 0 Å². The number of benzene rings is 3. The zero-order valence-electron chi connectivity index (χ0n) is 18.9. The van der Waals surface area contributed by atoms with E-state index >= 15 is 4.39 Å². The number of carboxylic acids is 1. The normalized spacial score (nSPS) is 15.7. The zero-order chi connectivity index (χ0) is 25.2. The molecule has 0 radical (unpaired) electrons. The number of pyridine rings is 1. The quantitative estimate of drug-likeness (QED) is 0.320. The number of carboxylic acid groups (broad SMARTS) is 1. The van der Waals surface area contributed by atoms with E-state index < -0.39 is 22.8 Å². The first-order chi connectivity index (χ1) is 17.3. The number of rotatable bonds is 3. The Balaban J connectivity index is 1.47. The second-order valence-corrected chi connectivity index (χ2v) is 10.5. The van der Waals surface area contributed by atoms with Crippen LogP contribution in [0.2, 0.25) is 5.02 Å². The van der Waals surface area contributed by atoms with Gasteiger partial charge in [-0.25, -0.2) is 9.18 Å². The number of aromatic carboxylic acids is 1. The number of carbonyl (C=O) groups is 1. The SMILES string of the molecule is O=C(O)c1c(=O)c2cc(N3CCC(O)(c4ccc(Cl)cc4)CC3)c(F)cc2n2c1sc1ccccc12. The third-order valence-corrected chi connectivity index (χ3v) is 8.43. The molecule has 0 spiro atoms. The number of nitrogens with zero attached hydrogens (tertiary/aromatic N) is 2. The Morgan fingerprint density at radius 3 is 2.42 bits per heavy atom. The van der Waals surface area contributed by atoms with Crippen molar-refractivity contribution in [2.24, 2.45) is 0 Å². The lowest BCUT2D eigenvalue weighted by Crippen LogP contribution is -2.43. The van der Waals surface area contributed by atoms with E-state index in [2.05, 4.69) is 0 Å². The molecule has 3 heterocycles. The summed E-state index contributed by atoms with van der Waals surface area (Å²) in [5.74, 6) is -1.83. The maximum atomic E-state index is 15.5. The number of aliphatic hydroxyl groups is 1. The van der Waals surface area contributed by atoms with Crippen molar-refractivity contribution < 1.29 is 19.4 Å². The Morgan fingerprint density at radius 1 is 1.03 bits per heavy atom. The van der Waals surface area contributed by atoms with Crippen LogP contribution >= 0.6 is 22.9 Å².